The lowest BCUT2D eigenvalue weighted by atomic mass is 9.84. The van der Waals surface area contributed by atoms with E-state index in [1.54, 1.807) is 55.6 Å². The topological polar surface area (TPSA) is 133 Å². The fourth-order valence-corrected chi connectivity index (χ4v) is 8.86. The zero-order valence-corrected chi connectivity index (χ0v) is 32.7. The predicted molar refractivity (Wildman–Crippen MR) is 218 cm³/mol. The third kappa shape index (κ3) is 11.1. The number of hydrogen-bond acceptors (Lipinski definition) is 8. The van der Waals surface area contributed by atoms with Crippen LogP contribution in [0.25, 0.3) is 0 Å². The van der Waals surface area contributed by atoms with Gasteiger partial charge in [-0.25, -0.2) is 9.36 Å². The molecule has 0 aliphatic carbocycles. The van der Waals surface area contributed by atoms with Crippen LogP contribution in [0.3, 0.4) is 0 Å². The fourth-order valence-electron chi connectivity index (χ4n) is 6.95. The summed E-state index contributed by atoms with van der Waals surface area (Å²) in [6.07, 6.45) is 0.729. The van der Waals surface area contributed by atoms with Crippen molar-refractivity contribution < 1.29 is 37.5 Å². The van der Waals surface area contributed by atoms with E-state index in [1.807, 2.05) is 103 Å². The molecule has 11 nitrogen and oxygen atoms in total. The largest absolute Gasteiger partial charge is 0.452 e. The van der Waals surface area contributed by atoms with Gasteiger partial charge in [0.15, 0.2) is 5.78 Å². The SMILES string of the molecule is COCCCC(NC(=O)[C@@H]1CCCN1C(=O)[C@@H](NC(=O)OCc1ccccc1)C(c1ccccc1)c1ccccc1)P(=O)(Oc1ccccc1)Oc1ccccc1. The molecule has 296 valence electrons. The van der Waals surface area contributed by atoms with Crippen LogP contribution in [0, 0.1) is 0 Å². The predicted octanol–water partition coefficient (Wildman–Crippen LogP) is 8.32. The van der Waals surface area contributed by atoms with Crippen LogP contribution < -0.4 is 19.7 Å². The average Bonchev–Trinajstić information content (AvgIpc) is 3.75. The molecule has 5 aromatic rings. The molecule has 1 aliphatic rings. The van der Waals surface area contributed by atoms with Crippen LogP contribution in [0.4, 0.5) is 4.79 Å². The van der Waals surface area contributed by atoms with Gasteiger partial charge in [-0.15, -0.1) is 0 Å². The molecule has 2 N–H and O–H groups in total. The van der Waals surface area contributed by atoms with Crippen molar-refractivity contribution in [2.45, 2.75) is 56.1 Å². The Morgan fingerprint density at radius 3 is 1.75 bits per heavy atom. The molecule has 57 heavy (non-hydrogen) atoms. The number of benzene rings is 5. The Labute approximate surface area is 333 Å². The van der Waals surface area contributed by atoms with Crippen LogP contribution in [0.5, 0.6) is 11.5 Å². The molecule has 12 heteroatoms. The van der Waals surface area contributed by atoms with Crippen LogP contribution in [-0.4, -0.2) is 60.9 Å². The molecule has 0 aromatic heterocycles. The van der Waals surface area contributed by atoms with Gasteiger partial charge < -0.3 is 34.1 Å². The Kier molecular flexibility index (Phi) is 14.5. The summed E-state index contributed by atoms with van der Waals surface area (Å²) in [6, 6.07) is 43.4. The third-order valence-corrected chi connectivity index (χ3v) is 11.8. The Bertz CT molecular complexity index is 1970. The van der Waals surface area contributed by atoms with Crippen molar-refractivity contribution >= 4 is 25.5 Å². The van der Waals surface area contributed by atoms with Crippen molar-refractivity contribution in [1.29, 1.82) is 0 Å². The van der Waals surface area contributed by atoms with E-state index in [1.165, 1.54) is 4.90 Å². The number of para-hydroxylation sites is 2. The Morgan fingerprint density at radius 1 is 0.719 bits per heavy atom. The second-order valence-corrected chi connectivity index (χ2v) is 15.7. The smallest absolute Gasteiger partial charge is 0.445 e. The first-order valence-corrected chi connectivity index (χ1v) is 20.7. The number of nitrogens with one attached hydrogen (secondary N) is 2. The summed E-state index contributed by atoms with van der Waals surface area (Å²) < 4.78 is 38.2. The molecular formula is C45H48N3O8P. The van der Waals surface area contributed by atoms with Crippen LogP contribution in [-0.2, 0) is 30.2 Å². The molecule has 5 aromatic carbocycles. The minimum Gasteiger partial charge on any atom is -0.445 e. The summed E-state index contributed by atoms with van der Waals surface area (Å²) in [5.74, 6) is -2.10. The van der Waals surface area contributed by atoms with E-state index in [4.69, 9.17) is 18.5 Å². The van der Waals surface area contributed by atoms with Gasteiger partial charge in [-0.2, -0.15) is 0 Å². The van der Waals surface area contributed by atoms with Crippen molar-refractivity contribution in [3.63, 3.8) is 0 Å². The third-order valence-electron chi connectivity index (χ3n) is 9.71. The summed E-state index contributed by atoms with van der Waals surface area (Å²) in [4.78, 5) is 44.5. The van der Waals surface area contributed by atoms with E-state index < -0.39 is 49.3 Å². The van der Waals surface area contributed by atoms with Gasteiger partial charge in [0.05, 0.1) is 0 Å². The zero-order valence-electron chi connectivity index (χ0n) is 31.9. The van der Waals surface area contributed by atoms with E-state index in [0.717, 1.165) is 16.7 Å². The first kappa shape index (κ1) is 40.8. The number of rotatable bonds is 18. The number of carbonyl (C=O) groups excluding carboxylic acids is 3. The van der Waals surface area contributed by atoms with Crippen LogP contribution >= 0.6 is 7.60 Å². The summed E-state index contributed by atoms with van der Waals surface area (Å²) in [7, 11) is -2.62. The molecule has 0 radical (unpaired) electrons. The Morgan fingerprint density at radius 2 is 1.23 bits per heavy atom. The number of amides is 3. The Hall–Kier alpha value is -5.90. The van der Waals surface area contributed by atoms with Gasteiger partial charge in [0.25, 0.3) is 0 Å². The average molecular weight is 790 g/mol. The van der Waals surface area contributed by atoms with Crippen LogP contribution in [0.1, 0.15) is 48.3 Å². The van der Waals surface area contributed by atoms with Gasteiger partial charge in [0.1, 0.15) is 30.2 Å². The maximum absolute atomic E-state index is 15.0. The molecule has 1 saturated heterocycles. The van der Waals surface area contributed by atoms with Crippen LogP contribution in [0.2, 0.25) is 0 Å². The lowest BCUT2D eigenvalue weighted by molar-refractivity contribution is -0.140. The van der Waals surface area contributed by atoms with Crippen LogP contribution in [0.15, 0.2) is 152 Å². The summed E-state index contributed by atoms with van der Waals surface area (Å²) >= 11 is 0. The van der Waals surface area contributed by atoms with E-state index in [9.17, 15) is 18.9 Å². The molecule has 1 aliphatic heterocycles. The van der Waals surface area contributed by atoms with E-state index in [0.29, 0.717) is 37.4 Å². The van der Waals surface area contributed by atoms with Crippen molar-refractivity contribution in [3.05, 3.63) is 168 Å². The number of nitrogens with zero attached hydrogens (tertiary/aromatic N) is 1. The fraction of sp³-hybridized carbons (Fsp3) is 0.267. The highest BCUT2D eigenvalue weighted by Gasteiger charge is 2.45. The maximum atomic E-state index is 15.0. The molecule has 1 fully saturated rings. The number of alkyl carbamates (subject to hydrolysis) is 1. The monoisotopic (exact) mass is 789 g/mol. The highest BCUT2D eigenvalue weighted by Crippen LogP contribution is 2.53. The molecule has 0 saturated carbocycles. The second-order valence-electron chi connectivity index (χ2n) is 13.7. The molecule has 0 bridgehead atoms. The van der Waals surface area contributed by atoms with Gasteiger partial charge in [-0.1, -0.05) is 127 Å². The second kappa shape index (κ2) is 20.3. The van der Waals surface area contributed by atoms with Crippen molar-refractivity contribution in [2.75, 3.05) is 20.3 Å². The standard InChI is InChI=1S/C45H48N3O8P/c1-53-32-18-30-40(57(52,55-37-25-13-5-14-26-37)56-38-27-15-6-16-28-38)46-43(49)39-29-17-31-48(39)44(50)42(47-45(51)54-33-34-19-7-2-8-20-34)41(35-21-9-3-10-22-35)36-23-11-4-12-24-36/h2-16,19-28,39-42H,17-18,29-33H2,1H3,(H,46,49)(H,47,51)/t39-,40?,42-/m0/s1. The molecule has 1 heterocycles. The lowest BCUT2D eigenvalue weighted by Crippen LogP contribution is -2.56. The number of carbonyl (C=O) groups is 3. The quantitative estimate of drug-likeness (QED) is 0.0670. The molecule has 0 spiro atoms. The highest BCUT2D eigenvalue weighted by atomic mass is 31.2. The Balaban J connectivity index is 1.30. The van der Waals surface area contributed by atoms with E-state index >= 15 is 0 Å². The van der Waals surface area contributed by atoms with Crippen molar-refractivity contribution in [2.24, 2.45) is 0 Å². The van der Waals surface area contributed by atoms with Gasteiger partial charge >= 0.3 is 13.7 Å². The van der Waals surface area contributed by atoms with Gasteiger partial charge in [-0.3, -0.25) is 9.59 Å². The van der Waals surface area contributed by atoms with Crippen molar-refractivity contribution in [1.82, 2.24) is 15.5 Å². The lowest BCUT2D eigenvalue weighted by Gasteiger charge is -2.34. The number of ether oxygens (including phenoxy) is 2. The zero-order chi connectivity index (χ0) is 39.9. The summed E-state index contributed by atoms with van der Waals surface area (Å²) in [5.41, 5.74) is 2.38. The molecule has 3 atom stereocenters. The first-order chi connectivity index (χ1) is 27.8. The maximum Gasteiger partial charge on any atom is 0.452 e. The minimum atomic E-state index is -4.18. The molecule has 3 amide bonds. The minimum absolute atomic E-state index is 0.00426. The number of methoxy groups -OCH3 is 1. The summed E-state index contributed by atoms with van der Waals surface area (Å²) in [6.45, 7) is 0.604. The molecule has 6 rings (SSSR count). The van der Waals surface area contributed by atoms with E-state index in [-0.39, 0.29) is 19.6 Å². The van der Waals surface area contributed by atoms with Gasteiger partial charge in [0, 0.05) is 26.2 Å². The van der Waals surface area contributed by atoms with E-state index in [2.05, 4.69) is 10.6 Å². The van der Waals surface area contributed by atoms with Gasteiger partial charge in [-0.05, 0) is 66.6 Å². The summed E-state index contributed by atoms with van der Waals surface area (Å²) in [5, 5.41) is 5.87. The van der Waals surface area contributed by atoms with Gasteiger partial charge in [0.2, 0.25) is 11.8 Å². The first-order valence-electron chi connectivity index (χ1n) is 19.1. The molecule has 1 unspecified atom stereocenters. The van der Waals surface area contributed by atoms with Crippen molar-refractivity contribution in [3.8, 4) is 11.5 Å². The number of hydrogen-bond donors (Lipinski definition) is 2. The number of likely N-dealkylation sites (tertiary alicyclic amines) is 1. The highest BCUT2D eigenvalue weighted by molar-refractivity contribution is 7.55. The molecular weight excluding hydrogens is 741 g/mol. The normalized spacial score (nSPS) is 15.0.